The van der Waals surface area contributed by atoms with Crippen LogP contribution in [0.15, 0.2) is 41.6 Å². The molecular weight excluding hydrogens is 412 g/mol. The van der Waals surface area contributed by atoms with Crippen LogP contribution in [0.3, 0.4) is 0 Å². The number of aliphatic hydroxyl groups is 1. The van der Waals surface area contributed by atoms with Crippen LogP contribution in [0, 0.1) is 0 Å². The van der Waals surface area contributed by atoms with Crippen LogP contribution in [0.5, 0.6) is 0 Å². The van der Waals surface area contributed by atoms with Gasteiger partial charge in [-0.2, -0.15) is 26.3 Å². The second kappa shape index (κ2) is 6.38. The minimum Gasteiger partial charge on any atom is -0.376 e. The highest BCUT2D eigenvalue weighted by atomic mass is 35.5. The molecule has 0 bridgehead atoms. The van der Waals surface area contributed by atoms with E-state index in [9.17, 15) is 36.2 Å². The molecule has 0 aromatic heterocycles. The molecule has 1 atom stereocenters. The lowest BCUT2D eigenvalue weighted by Gasteiger charge is -2.33. The molecule has 0 saturated heterocycles. The lowest BCUT2D eigenvalue weighted by Crippen LogP contribution is -2.42. The number of halogens is 7. The number of benzene rings is 2. The van der Waals surface area contributed by atoms with Gasteiger partial charge in [-0.05, 0) is 11.5 Å². The Labute approximate surface area is 159 Å². The van der Waals surface area contributed by atoms with Crippen LogP contribution in [0.2, 0.25) is 0 Å². The fraction of sp³-hybridized carbons (Fsp3) is 0.278. The Balaban J connectivity index is 2.50. The first-order valence-corrected chi connectivity index (χ1v) is 8.21. The van der Waals surface area contributed by atoms with Crippen molar-refractivity contribution >= 4 is 33.8 Å². The zero-order valence-electron chi connectivity index (χ0n) is 14.1. The number of ketones is 1. The Morgan fingerprint density at radius 3 is 2.25 bits per heavy atom. The van der Waals surface area contributed by atoms with Crippen molar-refractivity contribution in [3.05, 3.63) is 52.7 Å². The second-order valence-corrected chi connectivity index (χ2v) is 6.90. The molecule has 1 aliphatic rings. The van der Waals surface area contributed by atoms with Crippen LogP contribution in [0.4, 0.5) is 32.0 Å². The summed E-state index contributed by atoms with van der Waals surface area (Å²) in [5, 5.41) is 9.93. The van der Waals surface area contributed by atoms with Gasteiger partial charge in [0.15, 0.2) is 5.60 Å². The van der Waals surface area contributed by atoms with Crippen LogP contribution < -0.4 is 4.90 Å². The zero-order chi connectivity index (χ0) is 21.1. The Hall–Kier alpha value is -2.26. The molecule has 2 aromatic carbocycles. The third kappa shape index (κ3) is 3.12. The highest BCUT2D eigenvalue weighted by molar-refractivity contribution is 6.30. The number of anilines is 1. The predicted octanol–water partition coefficient (Wildman–Crippen LogP) is 5.25. The van der Waals surface area contributed by atoms with E-state index in [4.69, 9.17) is 11.6 Å². The van der Waals surface area contributed by atoms with Crippen molar-refractivity contribution in [3.63, 3.8) is 0 Å². The number of hydrogen-bond acceptors (Lipinski definition) is 3. The maximum Gasteiger partial charge on any atom is 0.454 e. The normalized spacial score (nSPS) is 20.6. The molecular formula is C18H12ClF6NO2. The average Bonchev–Trinajstić information content (AvgIpc) is 2.66. The third-order valence-corrected chi connectivity index (χ3v) is 4.78. The van der Waals surface area contributed by atoms with Crippen molar-refractivity contribution in [3.8, 4) is 0 Å². The summed E-state index contributed by atoms with van der Waals surface area (Å²) >= 11 is 5.84. The molecule has 0 radical (unpaired) electrons. The van der Waals surface area contributed by atoms with E-state index in [0.29, 0.717) is 6.07 Å². The fourth-order valence-corrected chi connectivity index (χ4v) is 3.65. The molecule has 1 unspecified atom stereocenters. The molecule has 10 heteroatoms. The number of carbonyl (C=O) groups excluding carboxylic acids is 1. The summed E-state index contributed by atoms with van der Waals surface area (Å²) in [6.07, 6.45) is -10.5. The van der Waals surface area contributed by atoms with E-state index >= 15 is 0 Å². The van der Waals surface area contributed by atoms with E-state index in [1.165, 1.54) is 36.2 Å². The van der Waals surface area contributed by atoms with Gasteiger partial charge in [0.05, 0.1) is 5.69 Å². The van der Waals surface area contributed by atoms with Crippen LogP contribution >= 0.6 is 11.6 Å². The van der Waals surface area contributed by atoms with Gasteiger partial charge >= 0.3 is 12.4 Å². The van der Waals surface area contributed by atoms with Gasteiger partial charge in [-0.15, -0.1) is 0 Å². The van der Waals surface area contributed by atoms with E-state index in [0.717, 1.165) is 6.20 Å². The molecule has 0 fully saturated rings. The molecule has 150 valence electrons. The lowest BCUT2D eigenvalue weighted by atomic mass is 9.84. The maximum atomic E-state index is 13.8. The SMILES string of the molecule is CN1C=C(Cl)CC(O)(C(F)(F)F)c2cc(C(=O)C(F)(F)F)c3ccccc3c21. The number of hydrogen-bond donors (Lipinski definition) is 1. The minimum absolute atomic E-state index is 0.0552. The minimum atomic E-state index is -5.31. The highest BCUT2D eigenvalue weighted by Gasteiger charge is 2.57. The first-order valence-electron chi connectivity index (χ1n) is 7.83. The molecule has 0 spiro atoms. The zero-order valence-corrected chi connectivity index (χ0v) is 14.9. The summed E-state index contributed by atoms with van der Waals surface area (Å²) in [6, 6.07) is 5.70. The van der Waals surface area contributed by atoms with Crippen molar-refractivity contribution in [2.75, 3.05) is 11.9 Å². The third-order valence-electron chi connectivity index (χ3n) is 4.54. The van der Waals surface area contributed by atoms with Gasteiger partial charge in [0.1, 0.15) is 0 Å². The van der Waals surface area contributed by atoms with E-state index in [-0.39, 0.29) is 21.5 Å². The fourth-order valence-electron chi connectivity index (χ4n) is 3.31. The Morgan fingerprint density at radius 2 is 1.71 bits per heavy atom. The van der Waals surface area contributed by atoms with Crippen LogP contribution in [-0.4, -0.2) is 30.3 Å². The smallest absolute Gasteiger partial charge is 0.376 e. The van der Waals surface area contributed by atoms with Gasteiger partial charge in [0.25, 0.3) is 5.78 Å². The van der Waals surface area contributed by atoms with Crippen LogP contribution in [0.25, 0.3) is 10.8 Å². The maximum absolute atomic E-state index is 13.8. The van der Waals surface area contributed by atoms with Crippen molar-refractivity contribution in [2.24, 2.45) is 0 Å². The molecule has 3 nitrogen and oxygen atoms in total. The molecule has 1 heterocycles. The summed E-state index contributed by atoms with van der Waals surface area (Å²) in [5.41, 5.74) is -5.62. The number of nitrogens with zero attached hydrogens (tertiary/aromatic N) is 1. The topological polar surface area (TPSA) is 40.5 Å². The molecule has 0 saturated carbocycles. The standard InChI is InChI=1S/C18H12ClF6NO2/c1-26-8-9(19)7-16(28,18(23,24)25)13-6-12(15(27)17(20,21)22)10-4-2-3-5-11(10)14(13)26/h2-6,8,28H,7H2,1H3. The first-order chi connectivity index (χ1) is 12.8. The number of fused-ring (bicyclic) bond motifs is 3. The number of rotatable bonds is 1. The van der Waals surface area contributed by atoms with E-state index < -0.39 is 41.3 Å². The van der Waals surface area contributed by atoms with Crippen LogP contribution in [-0.2, 0) is 5.60 Å². The average molecular weight is 424 g/mol. The lowest BCUT2D eigenvalue weighted by molar-refractivity contribution is -0.265. The summed E-state index contributed by atoms with van der Waals surface area (Å²) in [7, 11) is 1.35. The van der Waals surface area contributed by atoms with E-state index in [2.05, 4.69) is 0 Å². The largest absolute Gasteiger partial charge is 0.454 e. The van der Waals surface area contributed by atoms with Crippen molar-refractivity contribution in [2.45, 2.75) is 24.4 Å². The molecule has 2 aromatic rings. The molecule has 1 N–H and O–H groups in total. The Bertz CT molecular complexity index is 998. The summed E-state index contributed by atoms with van der Waals surface area (Å²) in [6.45, 7) is 0. The van der Waals surface area contributed by atoms with Gasteiger partial charge in [-0.1, -0.05) is 35.9 Å². The summed E-state index contributed by atoms with van der Waals surface area (Å²) in [4.78, 5) is 13.1. The van der Waals surface area contributed by atoms with Gasteiger partial charge in [-0.3, -0.25) is 4.79 Å². The van der Waals surface area contributed by atoms with Gasteiger partial charge in [0.2, 0.25) is 0 Å². The van der Waals surface area contributed by atoms with Crippen molar-refractivity contribution < 1.29 is 36.2 Å². The van der Waals surface area contributed by atoms with Crippen LogP contribution in [0.1, 0.15) is 22.3 Å². The molecule has 0 aliphatic carbocycles. The predicted molar refractivity (Wildman–Crippen MR) is 91.2 cm³/mol. The Morgan fingerprint density at radius 1 is 1.14 bits per heavy atom. The van der Waals surface area contributed by atoms with E-state index in [1.54, 1.807) is 0 Å². The number of Topliss-reactive ketones (excluding diaryl/α,β-unsaturated/α-hetero) is 1. The van der Waals surface area contributed by atoms with Gasteiger partial charge in [0, 0.05) is 41.2 Å². The molecule has 3 rings (SSSR count). The van der Waals surface area contributed by atoms with E-state index in [1.807, 2.05) is 0 Å². The summed E-state index contributed by atoms with van der Waals surface area (Å²) in [5.74, 6) is -2.30. The summed E-state index contributed by atoms with van der Waals surface area (Å²) < 4.78 is 80.6. The monoisotopic (exact) mass is 423 g/mol. The second-order valence-electron chi connectivity index (χ2n) is 6.41. The number of alkyl halides is 6. The number of carbonyl (C=O) groups is 1. The van der Waals surface area contributed by atoms with Crippen molar-refractivity contribution in [1.82, 2.24) is 0 Å². The highest BCUT2D eigenvalue weighted by Crippen LogP contribution is 2.51. The molecule has 0 amide bonds. The van der Waals surface area contributed by atoms with Crippen molar-refractivity contribution in [1.29, 1.82) is 0 Å². The Kier molecular flexibility index (Phi) is 4.67. The molecule has 1 aliphatic heterocycles. The molecule has 28 heavy (non-hydrogen) atoms. The van der Waals surface area contributed by atoms with Gasteiger partial charge in [-0.25, -0.2) is 0 Å². The van der Waals surface area contributed by atoms with Gasteiger partial charge < -0.3 is 10.0 Å². The first kappa shape index (κ1) is 20.5. The quantitative estimate of drug-likeness (QED) is 0.503.